The monoisotopic (exact) mass is 320 g/mol. The summed E-state index contributed by atoms with van der Waals surface area (Å²) in [6, 6.07) is 19.6. The summed E-state index contributed by atoms with van der Waals surface area (Å²) >= 11 is 0. The first-order valence-corrected chi connectivity index (χ1v) is 8.14. The van der Waals surface area contributed by atoms with Crippen LogP contribution in [0.15, 0.2) is 66.9 Å². The Morgan fingerprint density at radius 2 is 1.62 bits per heavy atom. The molecule has 1 N–H and O–H groups in total. The number of amides is 1. The van der Waals surface area contributed by atoms with E-state index in [0.29, 0.717) is 6.54 Å². The van der Waals surface area contributed by atoms with Crippen LogP contribution in [0.1, 0.15) is 23.2 Å². The zero-order chi connectivity index (χ0) is 16.8. The van der Waals surface area contributed by atoms with E-state index in [0.717, 1.165) is 17.3 Å². The molecule has 2 aromatic carbocycles. The van der Waals surface area contributed by atoms with Gasteiger partial charge in [-0.15, -0.1) is 0 Å². The molecule has 3 rings (SSSR count). The molecule has 0 radical (unpaired) electrons. The molecule has 0 aliphatic rings. The predicted molar refractivity (Wildman–Crippen MR) is 95.0 cm³/mol. The summed E-state index contributed by atoms with van der Waals surface area (Å²) in [6.07, 6.45) is 2.97. The topological polar surface area (TPSA) is 51.1 Å². The average Bonchev–Trinajstić information content (AvgIpc) is 3.05. The zero-order valence-electron chi connectivity index (χ0n) is 13.4. The Labute approximate surface area is 141 Å². The lowest BCUT2D eigenvalue weighted by Gasteiger charge is -2.06. The third-order valence-electron chi connectivity index (χ3n) is 4.01. The maximum atomic E-state index is 12.3. The summed E-state index contributed by atoms with van der Waals surface area (Å²) in [5.74, 6) is -0.148. The molecule has 1 heterocycles. The van der Waals surface area contributed by atoms with E-state index in [2.05, 4.69) is 5.32 Å². The summed E-state index contributed by atoms with van der Waals surface area (Å²) in [7, 11) is 0. The van der Waals surface area contributed by atoms with Crippen LogP contribution in [-0.2, 0) is 11.2 Å². The molecule has 0 atom stereocenters. The molecule has 4 nitrogen and oxygen atoms in total. The van der Waals surface area contributed by atoms with E-state index >= 15 is 0 Å². The molecule has 0 spiro atoms. The molecule has 0 aliphatic heterocycles. The zero-order valence-corrected chi connectivity index (χ0v) is 13.4. The first kappa shape index (κ1) is 16.0. The van der Waals surface area contributed by atoms with Gasteiger partial charge in [0, 0.05) is 31.0 Å². The highest BCUT2D eigenvalue weighted by atomic mass is 16.2. The number of benzene rings is 2. The van der Waals surface area contributed by atoms with Crippen LogP contribution >= 0.6 is 0 Å². The van der Waals surface area contributed by atoms with Gasteiger partial charge < -0.3 is 5.32 Å². The SMILES string of the molecule is O=C(CCC(=O)n1ccc2ccccc21)NCCc1ccccc1. The van der Waals surface area contributed by atoms with Gasteiger partial charge >= 0.3 is 0 Å². The van der Waals surface area contributed by atoms with E-state index < -0.39 is 0 Å². The van der Waals surface area contributed by atoms with Gasteiger partial charge in [0.2, 0.25) is 11.8 Å². The summed E-state index contributed by atoms with van der Waals surface area (Å²) in [4.78, 5) is 24.2. The lowest BCUT2D eigenvalue weighted by molar-refractivity contribution is -0.121. The number of carbonyl (C=O) groups excluding carboxylic acids is 2. The molecule has 24 heavy (non-hydrogen) atoms. The van der Waals surface area contributed by atoms with E-state index in [1.165, 1.54) is 5.56 Å². The molecule has 0 saturated heterocycles. The van der Waals surface area contributed by atoms with E-state index in [1.807, 2.05) is 60.7 Å². The van der Waals surface area contributed by atoms with Crippen LogP contribution < -0.4 is 5.32 Å². The van der Waals surface area contributed by atoms with E-state index in [4.69, 9.17) is 0 Å². The molecule has 4 heteroatoms. The van der Waals surface area contributed by atoms with Crippen molar-refractivity contribution >= 4 is 22.7 Å². The van der Waals surface area contributed by atoms with Crippen molar-refractivity contribution in [2.75, 3.05) is 6.54 Å². The Morgan fingerprint density at radius 1 is 0.875 bits per heavy atom. The third-order valence-corrected chi connectivity index (χ3v) is 4.01. The molecular weight excluding hydrogens is 300 g/mol. The van der Waals surface area contributed by atoms with Gasteiger partial charge in [0.15, 0.2) is 0 Å². The van der Waals surface area contributed by atoms with Crippen molar-refractivity contribution < 1.29 is 9.59 Å². The predicted octanol–water partition coefficient (Wildman–Crippen LogP) is 3.42. The number of hydrogen-bond donors (Lipinski definition) is 1. The highest BCUT2D eigenvalue weighted by Gasteiger charge is 2.11. The summed E-state index contributed by atoms with van der Waals surface area (Å²) in [5.41, 5.74) is 2.07. The molecule has 1 amide bonds. The van der Waals surface area contributed by atoms with E-state index in [9.17, 15) is 9.59 Å². The lowest BCUT2D eigenvalue weighted by Crippen LogP contribution is -2.26. The van der Waals surface area contributed by atoms with Crippen LogP contribution in [0.3, 0.4) is 0 Å². The minimum atomic E-state index is -0.0873. The number of para-hydroxylation sites is 1. The van der Waals surface area contributed by atoms with Crippen LogP contribution in [0, 0.1) is 0 Å². The second kappa shape index (κ2) is 7.59. The average molecular weight is 320 g/mol. The van der Waals surface area contributed by atoms with Crippen molar-refractivity contribution in [1.82, 2.24) is 9.88 Å². The van der Waals surface area contributed by atoms with Crippen molar-refractivity contribution in [3.05, 3.63) is 72.4 Å². The van der Waals surface area contributed by atoms with Crippen molar-refractivity contribution in [2.45, 2.75) is 19.3 Å². The van der Waals surface area contributed by atoms with Crippen molar-refractivity contribution in [3.63, 3.8) is 0 Å². The lowest BCUT2D eigenvalue weighted by atomic mass is 10.1. The molecule has 3 aromatic rings. The molecule has 0 bridgehead atoms. The van der Waals surface area contributed by atoms with Crippen molar-refractivity contribution in [2.24, 2.45) is 0 Å². The Morgan fingerprint density at radius 3 is 2.46 bits per heavy atom. The van der Waals surface area contributed by atoms with E-state index in [-0.39, 0.29) is 24.7 Å². The number of nitrogens with one attached hydrogen (secondary N) is 1. The third kappa shape index (κ3) is 3.90. The second-order valence-electron chi connectivity index (χ2n) is 5.72. The molecule has 0 aliphatic carbocycles. The largest absolute Gasteiger partial charge is 0.356 e. The van der Waals surface area contributed by atoms with Gasteiger partial charge in [-0.1, -0.05) is 48.5 Å². The smallest absolute Gasteiger partial charge is 0.231 e. The molecule has 0 fully saturated rings. The van der Waals surface area contributed by atoms with Gasteiger partial charge in [-0.25, -0.2) is 0 Å². The van der Waals surface area contributed by atoms with Crippen LogP contribution in [0.4, 0.5) is 0 Å². The fourth-order valence-corrected chi connectivity index (χ4v) is 2.72. The van der Waals surface area contributed by atoms with Crippen molar-refractivity contribution in [1.29, 1.82) is 0 Å². The number of aromatic nitrogens is 1. The highest BCUT2D eigenvalue weighted by Crippen LogP contribution is 2.15. The van der Waals surface area contributed by atoms with Crippen LogP contribution in [0.2, 0.25) is 0 Å². The first-order chi connectivity index (χ1) is 11.7. The number of hydrogen-bond acceptors (Lipinski definition) is 2. The number of nitrogens with zero attached hydrogens (tertiary/aromatic N) is 1. The van der Waals surface area contributed by atoms with Crippen LogP contribution in [0.25, 0.3) is 10.9 Å². The molecule has 122 valence electrons. The Hall–Kier alpha value is -2.88. The summed E-state index contributed by atoms with van der Waals surface area (Å²) in [5, 5.41) is 3.89. The maximum absolute atomic E-state index is 12.3. The second-order valence-corrected chi connectivity index (χ2v) is 5.72. The quantitative estimate of drug-likeness (QED) is 0.756. The number of carbonyl (C=O) groups is 2. The first-order valence-electron chi connectivity index (χ1n) is 8.14. The fraction of sp³-hybridized carbons (Fsp3) is 0.200. The maximum Gasteiger partial charge on any atom is 0.231 e. The minimum Gasteiger partial charge on any atom is -0.356 e. The summed E-state index contributed by atoms with van der Waals surface area (Å²) in [6.45, 7) is 0.587. The minimum absolute atomic E-state index is 0.0607. The van der Waals surface area contributed by atoms with Gasteiger partial charge in [0.25, 0.3) is 0 Å². The Bertz CT molecular complexity index is 837. The standard InChI is InChI=1S/C20H20N2O2/c23-19(21-14-12-16-6-2-1-3-7-16)10-11-20(24)22-15-13-17-8-4-5-9-18(17)22/h1-9,13,15H,10-12,14H2,(H,21,23). The molecular formula is C20H20N2O2. The van der Waals surface area contributed by atoms with Crippen LogP contribution in [0.5, 0.6) is 0 Å². The Kier molecular flexibility index (Phi) is 5.06. The normalized spacial score (nSPS) is 10.7. The van der Waals surface area contributed by atoms with Crippen molar-refractivity contribution in [3.8, 4) is 0 Å². The number of fused-ring (bicyclic) bond motifs is 1. The summed E-state index contributed by atoms with van der Waals surface area (Å²) < 4.78 is 1.62. The van der Waals surface area contributed by atoms with Gasteiger partial charge in [-0.2, -0.15) is 0 Å². The van der Waals surface area contributed by atoms with Gasteiger partial charge in [-0.05, 0) is 24.1 Å². The molecule has 1 aromatic heterocycles. The molecule has 0 saturated carbocycles. The van der Waals surface area contributed by atoms with Crippen LogP contribution in [-0.4, -0.2) is 22.9 Å². The highest BCUT2D eigenvalue weighted by molar-refractivity contribution is 5.93. The molecule has 0 unspecified atom stereocenters. The van der Waals surface area contributed by atoms with Gasteiger partial charge in [0.05, 0.1) is 5.52 Å². The fourth-order valence-electron chi connectivity index (χ4n) is 2.72. The van der Waals surface area contributed by atoms with Gasteiger partial charge in [0.1, 0.15) is 0 Å². The van der Waals surface area contributed by atoms with E-state index in [1.54, 1.807) is 10.8 Å². The van der Waals surface area contributed by atoms with Gasteiger partial charge in [-0.3, -0.25) is 14.2 Å². The Balaban J connectivity index is 1.46. The number of rotatable bonds is 6.